The van der Waals surface area contributed by atoms with Crippen LogP contribution >= 0.6 is 0 Å². The van der Waals surface area contributed by atoms with Crippen molar-refractivity contribution in [2.24, 2.45) is 5.92 Å². The van der Waals surface area contributed by atoms with E-state index >= 15 is 0 Å². The molecular formula is C9H14O7. The predicted molar refractivity (Wildman–Crippen MR) is 49.3 cm³/mol. The second kappa shape index (κ2) is 4.10. The first kappa shape index (κ1) is 13.0. The lowest BCUT2D eigenvalue weighted by Gasteiger charge is -2.20. The molecule has 1 heterocycles. The van der Waals surface area contributed by atoms with Gasteiger partial charge in [-0.3, -0.25) is 4.79 Å². The molecule has 0 aliphatic carbocycles. The summed E-state index contributed by atoms with van der Waals surface area (Å²) in [6, 6.07) is 0. The zero-order valence-corrected chi connectivity index (χ0v) is 8.82. The van der Waals surface area contributed by atoms with Crippen LogP contribution < -0.4 is 0 Å². The molecule has 1 fully saturated rings. The number of hydrogen-bond donors (Lipinski definition) is 4. The highest BCUT2D eigenvalue weighted by atomic mass is 16.7. The first-order valence-electron chi connectivity index (χ1n) is 4.75. The van der Waals surface area contributed by atoms with E-state index in [1.807, 2.05) is 0 Å². The van der Waals surface area contributed by atoms with Gasteiger partial charge in [0, 0.05) is 5.92 Å². The molecule has 0 saturated carbocycles. The summed E-state index contributed by atoms with van der Waals surface area (Å²) in [6.07, 6.45) is -5.34. The van der Waals surface area contributed by atoms with Crippen molar-refractivity contribution in [3.63, 3.8) is 0 Å². The first-order chi connectivity index (χ1) is 7.21. The van der Waals surface area contributed by atoms with Gasteiger partial charge in [0.05, 0.1) is 0 Å². The Balaban J connectivity index is 2.96. The molecule has 0 unspecified atom stereocenters. The molecule has 1 aliphatic rings. The van der Waals surface area contributed by atoms with E-state index in [-0.39, 0.29) is 0 Å². The van der Waals surface area contributed by atoms with Gasteiger partial charge in [-0.15, -0.1) is 0 Å². The number of aliphatic hydroxyl groups is 3. The lowest BCUT2D eigenvalue weighted by molar-refractivity contribution is -0.236. The first-order valence-corrected chi connectivity index (χ1v) is 4.75. The van der Waals surface area contributed by atoms with Crippen LogP contribution in [0.4, 0.5) is 0 Å². The summed E-state index contributed by atoms with van der Waals surface area (Å²) in [5.74, 6) is -5.88. The maximum absolute atomic E-state index is 11.5. The monoisotopic (exact) mass is 234 g/mol. The quantitative estimate of drug-likeness (QED) is 0.449. The molecule has 4 atom stereocenters. The van der Waals surface area contributed by atoms with Crippen LogP contribution in [0.25, 0.3) is 0 Å². The largest absolute Gasteiger partial charge is 0.477 e. The van der Waals surface area contributed by atoms with Crippen molar-refractivity contribution < 1.29 is 34.8 Å². The number of carbonyl (C=O) groups excluding carboxylic acids is 1. The Morgan fingerprint density at radius 1 is 1.31 bits per heavy atom. The van der Waals surface area contributed by atoms with Gasteiger partial charge in [-0.1, -0.05) is 13.8 Å². The van der Waals surface area contributed by atoms with Gasteiger partial charge in [-0.05, 0) is 0 Å². The van der Waals surface area contributed by atoms with Gasteiger partial charge in [0.2, 0.25) is 0 Å². The molecule has 4 N–H and O–H groups in total. The van der Waals surface area contributed by atoms with Crippen LogP contribution in [-0.2, 0) is 14.3 Å². The third-order valence-electron chi connectivity index (χ3n) is 2.50. The van der Waals surface area contributed by atoms with E-state index in [2.05, 4.69) is 4.74 Å². The predicted octanol–water partition coefficient (Wildman–Crippen LogP) is -1.89. The average Bonchev–Trinajstić information content (AvgIpc) is 2.43. The zero-order chi connectivity index (χ0) is 12.7. The SMILES string of the molecule is CC(C)C(=O)[C@@H]1O[C@](O)(C(=O)O)[C@@H](O)[C@@H]1O. The van der Waals surface area contributed by atoms with E-state index in [4.69, 9.17) is 5.11 Å². The fourth-order valence-electron chi connectivity index (χ4n) is 1.46. The standard InChI is InChI=1S/C9H14O7/c1-3(2)4(10)6-5(11)7(12)9(15,16-6)8(13)14/h3,5-7,11-12,15H,1-2H3,(H,13,14)/t5-,6+,7+,9+/m1/s1. The molecule has 1 aliphatic heterocycles. The number of rotatable bonds is 3. The molecule has 16 heavy (non-hydrogen) atoms. The smallest absolute Gasteiger partial charge is 0.367 e. The van der Waals surface area contributed by atoms with Crippen molar-refractivity contribution in [3.05, 3.63) is 0 Å². The molecule has 92 valence electrons. The summed E-state index contributed by atoms with van der Waals surface area (Å²) in [7, 11) is 0. The highest BCUT2D eigenvalue weighted by Crippen LogP contribution is 2.31. The number of aliphatic carboxylic acids is 1. The van der Waals surface area contributed by atoms with Crippen LogP contribution in [-0.4, -0.2) is 56.3 Å². The maximum Gasteiger partial charge on any atom is 0.367 e. The molecule has 1 rings (SSSR count). The summed E-state index contributed by atoms with van der Waals surface area (Å²) in [4.78, 5) is 22.2. The van der Waals surface area contributed by atoms with Crippen LogP contribution in [0.3, 0.4) is 0 Å². The Hall–Kier alpha value is -1.02. The van der Waals surface area contributed by atoms with Gasteiger partial charge in [0.25, 0.3) is 5.79 Å². The average molecular weight is 234 g/mol. The van der Waals surface area contributed by atoms with Gasteiger partial charge in [-0.2, -0.15) is 0 Å². The van der Waals surface area contributed by atoms with Gasteiger partial charge in [-0.25, -0.2) is 4.79 Å². The highest BCUT2D eigenvalue weighted by Gasteiger charge is 2.60. The zero-order valence-electron chi connectivity index (χ0n) is 8.82. The molecule has 0 amide bonds. The topological polar surface area (TPSA) is 124 Å². The van der Waals surface area contributed by atoms with Crippen molar-refractivity contribution in [3.8, 4) is 0 Å². The Kier molecular flexibility index (Phi) is 3.34. The Bertz CT molecular complexity index is 313. The minimum Gasteiger partial charge on any atom is -0.477 e. The van der Waals surface area contributed by atoms with Crippen LogP contribution in [0.15, 0.2) is 0 Å². The van der Waals surface area contributed by atoms with E-state index in [0.717, 1.165) is 0 Å². The lowest BCUT2D eigenvalue weighted by Crippen LogP contribution is -2.49. The minimum atomic E-state index is -2.94. The van der Waals surface area contributed by atoms with Crippen molar-refractivity contribution in [2.75, 3.05) is 0 Å². The number of carboxylic acid groups (broad SMARTS) is 1. The lowest BCUT2D eigenvalue weighted by atomic mass is 9.97. The summed E-state index contributed by atoms with van der Waals surface area (Å²) in [5, 5.41) is 36.8. The van der Waals surface area contributed by atoms with Crippen molar-refractivity contribution in [1.29, 1.82) is 0 Å². The van der Waals surface area contributed by atoms with Crippen molar-refractivity contribution in [2.45, 2.75) is 37.9 Å². The third kappa shape index (κ3) is 1.82. The molecule has 0 spiro atoms. The van der Waals surface area contributed by atoms with E-state index in [1.165, 1.54) is 13.8 Å². The van der Waals surface area contributed by atoms with Crippen LogP contribution in [0.1, 0.15) is 13.8 Å². The summed E-state index contributed by atoms with van der Waals surface area (Å²) >= 11 is 0. The number of ketones is 1. The van der Waals surface area contributed by atoms with E-state index in [0.29, 0.717) is 0 Å². The third-order valence-corrected chi connectivity index (χ3v) is 2.50. The van der Waals surface area contributed by atoms with Gasteiger partial charge < -0.3 is 25.2 Å². The van der Waals surface area contributed by atoms with E-state index in [9.17, 15) is 24.9 Å². The Morgan fingerprint density at radius 3 is 2.12 bits per heavy atom. The molecule has 0 bridgehead atoms. The molecule has 7 heteroatoms. The molecule has 0 aromatic carbocycles. The second-order valence-corrected chi connectivity index (χ2v) is 4.03. The highest BCUT2D eigenvalue weighted by molar-refractivity contribution is 5.87. The van der Waals surface area contributed by atoms with Crippen molar-refractivity contribution in [1.82, 2.24) is 0 Å². The number of carbonyl (C=O) groups is 2. The number of aliphatic hydroxyl groups excluding tert-OH is 2. The van der Waals surface area contributed by atoms with Gasteiger partial charge >= 0.3 is 5.97 Å². The minimum absolute atomic E-state index is 0.511. The summed E-state index contributed by atoms with van der Waals surface area (Å²) in [6.45, 7) is 3.06. The number of ether oxygens (including phenoxy) is 1. The normalized spacial score (nSPS) is 39.0. The van der Waals surface area contributed by atoms with Gasteiger partial charge in [0.1, 0.15) is 18.3 Å². The Labute approximate surface area is 91.3 Å². The molecule has 0 aromatic rings. The number of carboxylic acids is 1. The van der Waals surface area contributed by atoms with E-state index in [1.54, 1.807) is 0 Å². The van der Waals surface area contributed by atoms with Crippen LogP contribution in [0, 0.1) is 5.92 Å². The molecule has 1 saturated heterocycles. The fraction of sp³-hybridized carbons (Fsp3) is 0.778. The van der Waals surface area contributed by atoms with Crippen LogP contribution in [0.5, 0.6) is 0 Å². The molecular weight excluding hydrogens is 220 g/mol. The Morgan fingerprint density at radius 2 is 1.81 bits per heavy atom. The van der Waals surface area contributed by atoms with Gasteiger partial charge in [0.15, 0.2) is 5.78 Å². The molecule has 7 nitrogen and oxygen atoms in total. The number of hydrogen-bond acceptors (Lipinski definition) is 6. The molecule has 0 radical (unpaired) electrons. The van der Waals surface area contributed by atoms with E-state index < -0.39 is 41.8 Å². The molecule has 0 aromatic heterocycles. The van der Waals surface area contributed by atoms with Crippen molar-refractivity contribution >= 4 is 11.8 Å². The second-order valence-electron chi connectivity index (χ2n) is 4.03. The maximum atomic E-state index is 11.5. The fourth-order valence-corrected chi connectivity index (χ4v) is 1.46. The summed E-state index contributed by atoms with van der Waals surface area (Å²) in [5.41, 5.74) is 0. The summed E-state index contributed by atoms with van der Waals surface area (Å²) < 4.78 is 4.56. The number of Topliss-reactive ketones (excluding diaryl/α,β-unsaturated/α-hetero) is 1. The van der Waals surface area contributed by atoms with Crippen LogP contribution in [0.2, 0.25) is 0 Å².